The Kier molecular flexibility index (Phi) is 8.11. The van der Waals surface area contributed by atoms with Gasteiger partial charge >= 0.3 is 5.97 Å². The summed E-state index contributed by atoms with van der Waals surface area (Å²) in [6, 6.07) is 9.63. The number of rotatable bonds is 7. The van der Waals surface area contributed by atoms with Crippen LogP contribution in [0.15, 0.2) is 68.7 Å². The van der Waals surface area contributed by atoms with Crippen LogP contribution in [-0.4, -0.2) is 35.2 Å². The summed E-state index contributed by atoms with van der Waals surface area (Å²) >= 11 is 17.0. The Hall–Kier alpha value is -2.46. The second-order valence-electron chi connectivity index (χ2n) is 7.50. The fourth-order valence-corrected chi connectivity index (χ4v) is 5.40. The summed E-state index contributed by atoms with van der Waals surface area (Å²) in [6.07, 6.45) is 1.86. The fraction of sp³-hybridized carbons (Fsp3) is 0.208. The molecule has 0 unspecified atom stereocenters. The number of ether oxygens (including phenoxy) is 2. The molecule has 0 saturated heterocycles. The third-order valence-electron chi connectivity index (χ3n) is 5.09. The molecule has 1 amide bonds. The number of benzene rings is 2. The highest BCUT2D eigenvalue weighted by atomic mass is 79.9. The number of carbonyl (C=O) groups is 2. The van der Waals surface area contributed by atoms with Gasteiger partial charge < -0.3 is 19.7 Å². The topological polar surface area (TPSA) is 80.2 Å². The first-order valence-electron chi connectivity index (χ1n) is 10.5. The zero-order chi connectivity index (χ0) is 25.1. The van der Waals surface area contributed by atoms with E-state index in [2.05, 4.69) is 26.2 Å². The molecule has 0 aromatic heterocycles. The van der Waals surface area contributed by atoms with Gasteiger partial charge in [0.25, 0.3) is 5.91 Å². The van der Waals surface area contributed by atoms with E-state index in [0.29, 0.717) is 38.3 Å². The molecule has 4 rings (SSSR count). The number of carbonyl (C=O) groups excluding carboxylic acids is 2. The predicted molar refractivity (Wildman–Crippen MR) is 143 cm³/mol. The normalized spacial score (nSPS) is 16.7. The molecule has 2 aliphatic rings. The van der Waals surface area contributed by atoms with E-state index < -0.39 is 17.9 Å². The number of amidine groups is 1. The number of anilines is 1. The van der Waals surface area contributed by atoms with Crippen LogP contribution in [0.2, 0.25) is 10.0 Å². The van der Waals surface area contributed by atoms with E-state index in [1.165, 1.54) is 11.8 Å². The Morgan fingerprint density at radius 3 is 2.66 bits per heavy atom. The van der Waals surface area contributed by atoms with E-state index >= 15 is 0 Å². The molecule has 0 spiro atoms. The third-order valence-corrected chi connectivity index (χ3v) is 6.79. The van der Waals surface area contributed by atoms with Crippen LogP contribution >= 0.6 is 50.9 Å². The van der Waals surface area contributed by atoms with Gasteiger partial charge in [-0.3, -0.25) is 4.79 Å². The number of halogens is 3. The van der Waals surface area contributed by atoms with Crippen molar-refractivity contribution in [3.05, 3.63) is 79.4 Å². The third kappa shape index (κ3) is 5.86. The molecule has 0 radical (unpaired) electrons. The Morgan fingerprint density at radius 1 is 1.20 bits per heavy atom. The summed E-state index contributed by atoms with van der Waals surface area (Å²) in [5.74, 6) is -0.403. The van der Waals surface area contributed by atoms with E-state index in [1.54, 1.807) is 44.2 Å². The van der Waals surface area contributed by atoms with Crippen molar-refractivity contribution in [2.75, 3.05) is 18.5 Å². The molecule has 2 aromatic carbocycles. The summed E-state index contributed by atoms with van der Waals surface area (Å²) in [5.41, 5.74) is 2.11. The largest absolute Gasteiger partial charge is 0.483 e. The number of allylic oxidation sites excluding steroid dienone is 1. The summed E-state index contributed by atoms with van der Waals surface area (Å²) in [6.45, 7) is 3.50. The highest BCUT2D eigenvalue weighted by Gasteiger charge is 2.39. The van der Waals surface area contributed by atoms with Gasteiger partial charge in [-0.05, 0) is 55.7 Å². The van der Waals surface area contributed by atoms with Crippen molar-refractivity contribution in [3.8, 4) is 5.75 Å². The number of nitrogens with one attached hydrogen (secondary N) is 1. The highest BCUT2D eigenvalue weighted by Crippen LogP contribution is 2.44. The lowest BCUT2D eigenvalue weighted by atomic mass is 9.94. The molecule has 7 nitrogen and oxygen atoms in total. The minimum absolute atomic E-state index is 0.235. The summed E-state index contributed by atoms with van der Waals surface area (Å²) in [7, 11) is 0. The minimum Gasteiger partial charge on any atom is -0.483 e. The number of esters is 1. The first-order chi connectivity index (χ1) is 16.8. The number of amides is 1. The van der Waals surface area contributed by atoms with E-state index in [1.807, 2.05) is 22.6 Å². The lowest BCUT2D eigenvalue weighted by Crippen LogP contribution is -2.34. The molecule has 2 aliphatic heterocycles. The molecule has 2 aromatic rings. The Morgan fingerprint density at radius 2 is 1.94 bits per heavy atom. The van der Waals surface area contributed by atoms with Crippen molar-refractivity contribution in [2.24, 2.45) is 4.99 Å². The van der Waals surface area contributed by atoms with Crippen LogP contribution in [0, 0.1) is 0 Å². The van der Waals surface area contributed by atoms with Crippen LogP contribution in [0.3, 0.4) is 0 Å². The monoisotopic (exact) mass is 595 g/mol. The predicted octanol–water partition coefficient (Wildman–Crippen LogP) is 6.54. The Balaban J connectivity index is 1.63. The van der Waals surface area contributed by atoms with Crippen molar-refractivity contribution in [1.82, 2.24) is 4.90 Å². The maximum atomic E-state index is 13.0. The number of nitrogens with zero attached hydrogens (tertiary/aromatic N) is 2. The van der Waals surface area contributed by atoms with E-state index in [-0.39, 0.29) is 13.2 Å². The first-order valence-corrected chi connectivity index (χ1v) is 13.0. The maximum absolute atomic E-state index is 13.0. The van der Waals surface area contributed by atoms with E-state index in [4.69, 9.17) is 32.7 Å². The SMILES string of the molecule is CCOC(=O)C1=C(C)N=C2SC=CN2[C@@H]1c1cc(Br)ccc1OCC(=O)Nc1cc(Cl)cc(Cl)c1. The zero-order valence-electron chi connectivity index (χ0n) is 18.7. The van der Waals surface area contributed by atoms with E-state index in [9.17, 15) is 9.59 Å². The van der Waals surface area contributed by atoms with Gasteiger partial charge in [-0.25, -0.2) is 9.79 Å². The van der Waals surface area contributed by atoms with Crippen LogP contribution in [0.5, 0.6) is 5.75 Å². The zero-order valence-corrected chi connectivity index (χ0v) is 22.6. The lowest BCUT2D eigenvalue weighted by molar-refractivity contribution is -0.139. The second kappa shape index (κ2) is 11.1. The standard InChI is InChI=1S/C24H20BrCl2N3O4S/c1-3-33-23(32)21-13(2)28-24-30(6-7-35-24)22(21)18-8-14(25)4-5-19(18)34-12-20(31)29-17-10-15(26)9-16(27)11-17/h4-11,22H,3,12H2,1-2H3,(H,29,31)/t22-/m1/s1. The molecule has 11 heteroatoms. The van der Waals surface area contributed by atoms with Crippen molar-refractivity contribution in [2.45, 2.75) is 19.9 Å². The van der Waals surface area contributed by atoms with Gasteiger partial charge in [0.2, 0.25) is 0 Å². The average molecular weight is 597 g/mol. The molecule has 182 valence electrons. The smallest absolute Gasteiger partial charge is 0.338 e. The van der Waals surface area contributed by atoms with Crippen LogP contribution in [0.4, 0.5) is 5.69 Å². The number of thioether (sulfide) groups is 1. The molecule has 35 heavy (non-hydrogen) atoms. The second-order valence-corrected chi connectivity index (χ2v) is 10.2. The molecule has 0 fully saturated rings. The molecule has 0 saturated carbocycles. The molecule has 0 aliphatic carbocycles. The number of fused-ring (bicyclic) bond motifs is 1. The van der Waals surface area contributed by atoms with Gasteiger partial charge in [0.15, 0.2) is 11.8 Å². The number of hydrogen-bond donors (Lipinski definition) is 1. The van der Waals surface area contributed by atoms with Crippen molar-refractivity contribution < 1.29 is 19.1 Å². The van der Waals surface area contributed by atoms with Gasteiger partial charge in [-0.1, -0.05) is 50.9 Å². The average Bonchev–Trinajstić information content (AvgIpc) is 3.24. The van der Waals surface area contributed by atoms with Crippen molar-refractivity contribution >= 4 is 73.6 Å². The van der Waals surface area contributed by atoms with Crippen LogP contribution < -0.4 is 10.1 Å². The van der Waals surface area contributed by atoms with Crippen molar-refractivity contribution in [1.29, 1.82) is 0 Å². The molecule has 0 bridgehead atoms. The summed E-state index contributed by atoms with van der Waals surface area (Å²) < 4.78 is 12.1. The van der Waals surface area contributed by atoms with E-state index in [0.717, 1.165) is 9.64 Å². The first kappa shape index (κ1) is 25.6. The van der Waals surface area contributed by atoms with Gasteiger partial charge in [-0.2, -0.15) is 0 Å². The fourth-order valence-electron chi connectivity index (χ4n) is 3.71. The quantitative estimate of drug-likeness (QED) is 0.366. The van der Waals surface area contributed by atoms with Crippen LogP contribution in [0.25, 0.3) is 0 Å². The molecular formula is C24H20BrCl2N3O4S. The van der Waals surface area contributed by atoms with Gasteiger partial charge in [-0.15, -0.1) is 0 Å². The van der Waals surface area contributed by atoms with Crippen LogP contribution in [-0.2, 0) is 14.3 Å². The van der Waals surface area contributed by atoms with Crippen LogP contribution in [0.1, 0.15) is 25.5 Å². The van der Waals surface area contributed by atoms with Gasteiger partial charge in [0, 0.05) is 32.0 Å². The highest BCUT2D eigenvalue weighted by molar-refractivity contribution is 9.10. The summed E-state index contributed by atoms with van der Waals surface area (Å²) in [5, 5.41) is 6.17. The number of hydrogen-bond acceptors (Lipinski definition) is 7. The summed E-state index contributed by atoms with van der Waals surface area (Å²) in [4.78, 5) is 32.0. The Labute approximate surface area is 225 Å². The molecule has 1 N–H and O–H groups in total. The molecular weight excluding hydrogens is 577 g/mol. The Bertz CT molecular complexity index is 1260. The van der Waals surface area contributed by atoms with Gasteiger partial charge in [0.1, 0.15) is 5.75 Å². The number of aliphatic imine (C=N–C) groups is 1. The van der Waals surface area contributed by atoms with Crippen molar-refractivity contribution in [3.63, 3.8) is 0 Å². The van der Waals surface area contributed by atoms with Gasteiger partial charge in [0.05, 0.1) is 23.9 Å². The minimum atomic E-state index is -0.546. The lowest BCUT2D eigenvalue weighted by Gasteiger charge is -2.34. The maximum Gasteiger partial charge on any atom is 0.338 e. The molecule has 2 heterocycles. The molecule has 1 atom stereocenters.